The van der Waals surface area contributed by atoms with Crippen LogP contribution in [0.5, 0.6) is 0 Å². The number of hydrogen-bond acceptors (Lipinski definition) is 4. The maximum absolute atomic E-state index is 11.8. The van der Waals surface area contributed by atoms with Crippen molar-refractivity contribution in [3.05, 3.63) is 0 Å². The number of halogens is 3. The molecule has 0 aromatic rings. The first-order valence-corrected chi connectivity index (χ1v) is 5.55. The highest BCUT2D eigenvalue weighted by atomic mass is 32.2. The van der Waals surface area contributed by atoms with Gasteiger partial charge in [-0.1, -0.05) is 0 Å². The SMILES string of the molecule is COCCNCCNS(=O)(=O)C(F)(F)F. The quantitative estimate of drug-likeness (QED) is 0.607. The van der Waals surface area contributed by atoms with E-state index in [9.17, 15) is 21.6 Å². The van der Waals surface area contributed by atoms with E-state index in [1.54, 1.807) is 0 Å². The lowest BCUT2D eigenvalue weighted by Crippen LogP contribution is -2.40. The molecule has 0 aromatic carbocycles. The van der Waals surface area contributed by atoms with Gasteiger partial charge in [0.05, 0.1) is 6.61 Å². The fourth-order valence-electron chi connectivity index (χ4n) is 0.655. The van der Waals surface area contributed by atoms with Crippen molar-refractivity contribution in [3.63, 3.8) is 0 Å². The number of hydrogen-bond donors (Lipinski definition) is 2. The Balaban J connectivity index is 3.69. The molecule has 0 atom stereocenters. The maximum Gasteiger partial charge on any atom is 0.511 e. The average Bonchev–Trinajstić information content (AvgIpc) is 2.09. The number of rotatable bonds is 7. The third kappa shape index (κ3) is 5.92. The molecule has 5 nitrogen and oxygen atoms in total. The van der Waals surface area contributed by atoms with Gasteiger partial charge < -0.3 is 10.1 Å². The molecule has 2 N–H and O–H groups in total. The van der Waals surface area contributed by atoms with Gasteiger partial charge in [-0.15, -0.1) is 0 Å². The zero-order valence-electron chi connectivity index (χ0n) is 8.10. The van der Waals surface area contributed by atoms with Crippen molar-refractivity contribution >= 4 is 10.0 Å². The highest BCUT2D eigenvalue weighted by Crippen LogP contribution is 2.20. The molecule has 15 heavy (non-hydrogen) atoms. The molecule has 0 spiro atoms. The molecular weight excluding hydrogens is 237 g/mol. The summed E-state index contributed by atoms with van der Waals surface area (Å²) < 4.78 is 62.3. The van der Waals surface area contributed by atoms with Gasteiger partial charge in [0, 0.05) is 26.7 Å². The zero-order chi connectivity index (χ0) is 11.9. The summed E-state index contributed by atoms with van der Waals surface area (Å²) in [7, 11) is -3.73. The monoisotopic (exact) mass is 250 g/mol. The van der Waals surface area contributed by atoms with Gasteiger partial charge in [-0.2, -0.15) is 13.2 Å². The van der Waals surface area contributed by atoms with Crippen molar-refractivity contribution in [1.29, 1.82) is 0 Å². The smallest absolute Gasteiger partial charge is 0.383 e. The van der Waals surface area contributed by atoms with Gasteiger partial charge >= 0.3 is 15.5 Å². The van der Waals surface area contributed by atoms with Gasteiger partial charge in [-0.05, 0) is 0 Å². The van der Waals surface area contributed by atoms with E-state index in [2.05, 4.69) is 10.1 Å². The van der Waals surface area contributed by atoms with Crippen LogP contribution in [-0.4, -0.2) is 47.3 Å². The van der Waals surface area contributed by atoms with Gasteiger partial charge in [-0.3, -0.25) is 0 Å². The Morgan fingerprint density at radius 1 is 1.20 bits per heavy atom. The minimum absolute atomic E-state index is 0.110. The first kappa shape index (κ1) is 14.6. The number of ether oxygens (including phenoxy) is 1. The predicted octanol–water partition coefficient (Wildman–Crippen LogP) is -0.338. The maximum atomic E-state index is 11.8. The number of alkyl halides is 3. The molecule has 0 fully saturated rings. The molecule has 0 rings (SSSR count). The molecule has 0 aliphatic rings. The molecule has 0 aliphatic carbocycles. The Kier molecular flexibility index (Phi) is 6.10. The summed E-state index contributed by atoms with van der Waals surface area (Å²) in [5.74, 6) is 0. The van der Waals surface area contributed by atoms with Gasteiger partial charge in [0.1, 0.15) is 0 Å². The third-order valence-electron chi connectivity index (χ3n) is 1.38. The van der Waals surface area contributed by atoms with Gasteiger partial charge in [0.25, 0.3) is 0 Å². The van der Waals surface area contributed by atoms with Crippen LogP contribution in [0.1, 0.15) is 0 Å². The number of sulfonamides is 1. The van der Waals surface area contributed by atoms with Crippen LogP contribution in [0, 0.1) is 0 Å². The first-order valence-electron chi connectivity index (χ1n) is 4.07. The Morgan fingerprint density at radius 3 is 2.27 bits per heavy atom. The van der Waals surface area contributed by atoms with Crippen molar-refractivity contribution in [2.75, 3.05) is 33.4 Å². The minimum atomic E-state index is -5.25. The fraction of sp³-hybridized carbons (Fsp3) is 1.00. The van der Waals surface area contributed by atoms with Gasteiger partial charge in [-0.25, -0.2) is 13.1 Å². The van der Waals surface area contributed by atoms with E-state index in [-0.39, 0.29) is 13.1 Å². The zero-order valence-corrected chi connectivity index (χ0v) is 8.91. The Morgan fingerprint density at radius 2 is 1.80 bits per heavy atom. The van der Waals surface area contributed by atoms with E-state index in [0.29, 0.717) is 13.2 Å². The summed E-state index contributed by atoms with van der Waals surface area (Å²) >= 11 is 0. The molecule has 0 saturated heterocycles. The predicted molar refractivity (Wildman–Crippen MR) is 47.7 cm³/mol. The lowest BCUT2D eigenvalue weighted by Gasteiger charge is -2.09. The summed E-state index contributed by atoms with van der Waals surface area (Å²) in [4.78, 5) is 0. The van der Waals surface area contributed by atoms with Crippen molar-refractivity contribution in [2.45, 2.75) is 5.51 Å². The van der Waals surface area contributed by atoms with Crippen molar-refractivity contribution < 1.29 is 26.3 Å². The van der Waals surface area contributed by atoms with E-state index in [0.717, 1.165) is 0 Å². The lowest BCUT2D eigenvalue weighted by atomic mass is 10.6. The van der Waals surface area contributed by atoms with Crippen LogP contribution in [0.4, 0.5) is 13.2 Å². The van der Waals surface area contributed by atoms with E-state index in [1.165, 1.54) is 11.8 Å². The average molecular weight is 250 g/mol. The molecule has 9 heteroatoms. The van der Waals surface area contributed by atoms with Crippen LogP contribution < -0.4 is 10.0 Å². The molecule has 0 aliphatic heterocycles. The fourth-order valence-corrected chi connectivity index (χ4v) is 1.19. The molecule has 0 bridgehead atoms. The number of nitrogens with one attached hydrogen (secondary N) is 2. The summed E-state index contributed by atoms with van der Waals surface area (Å²) in [6.07, 6.45) is 0. The summed E-state index contributed by atoms with van der Waals surface area (Å²) in [5, 5.41) is 2.69. The van der Waals surface area contributed by atoms with Crippen LogP contribution in [-0.2, 0) is 14.8 Å². The van der Waals surface area contributed by atoms with E-state index >= 15 is 0 Å². The molecule has 0 aromatic heterocycles. The number of methoxy groups -OCH3 is 1. The van der Waals surface area contributed by atoms with E-state index < -0.39 is 15.5 Å². The largest absolute Gasteiger partial charge is 0.511 e. The minimum Gasteiger partial charge on any atom is -0.383 e. The van der Waals surface area contributed by atoms with Crippen LogP contribution in [0.15, 0.2) is 0 Å². The summed E-state index contributed by atoms with van der Waals surface area (Å²) in [6.45, 7) is 0.653. The molecule has 0 unspecified atom stereocenters. The molecule has 0 saturated carbocycles. The normalized spacial score (nSPS) is 13.1. The van der Waals surface area contributed by atoms with Crippen molar-refractivity contribution in [1.82, 2.24) is 10.0 Å². The molecule has 0 radical (unpaired) electrons. The van der Waals surface area contributed by atoms with Crippen LogP contribution in [0.25, 0.3) is 0 Å². The highest BCUT2D eigenvalue weighted by Gasteiger charge is 2.45. The van der Waals surface area contributed by atoms with Crippen molar-refractivity contribution in [3.8, 4) is 0 Å². The lowest BCUT2D eigenvalue weighted by molar-refractivity contribution is -0.0447. The summed E-state index contributed by atoms with van der Waals surface area (Å²) in [6, 6.07) is 0. The van der Waals surface area contributed by atoms with Crippen LogP contribution in [0.2, 0.25) is 0 Å². The third-order valence-corrected chi connectivity index (χ3v) is 2.58. The van der Waals surface area contributed by atoms with E-state index in [1.807, 2.05) is 0 Å². The van der Waals surface area contributed by atoms with Crippen LogP contribution in [0.3, 0.4) is 0 Å². The van der Waals surface area contributed by atoms with Crippen LogP contribution >= 0.6 is 0 Å². The van der Waals surface area contributed by atoms with Crippen molar-refractivity contribution in [2.24, 2.45) is 0 Å². The topological polar surface area (TPSA) is 67.4 Å². The first-order chi connectivity index (χ1) is 6.81. The second-order valence-corrected chi connectivity index (χ2v) is 4.34. The Hall–Kier alpha value is -0.380. The van der Waals surface area contributed by atoms with Gasteiger partial charge in [0.15, 0.2) is 0 Å². The second-order valence-electron chi connectivity index (χ2n) is 2.59. The summed E-state index contributed by atoms with van der Waals surface area (Å²) in [5.41, 5.74) is -5.25. The standard InChI is InChI=1S/C6H13F3N2O3S/c1-14-5-4-10-2-3-11-15(12,13)6(7,8)9/h10-11H,2-5H2,1H3. The molecule has 92 valence electrons. The van der Waals surface area contributed by atoms with Gasteiger partial charge in [0.2, 0.25) is 0 Å². The Bertz CT molecular complexity index is 265. The van der Waals surface area contributed by atoms with E-state index in [4.69, 9.17) is 0 Å². The second kappa shape index (κ2) is 6.26. The molecular formula is C6H13F3N2O3S. The molecule has 0 amide bonds. The highest BCUT2D eigenvalue weighted by molar-refractivity contribution is 7.90. The molecule has 0 heterocycles. The Labute approximate surface area is 86.0 Å².